The molecule has 0 aromatic carbocycles. The maximum atomic E-state index is 11.9. The van der Waals surface area contributed by atoms with E-state index in [0.29, 0.717) is 38.2 Å². The van der Waals surface area contributed by atoms with Crippen molar-refractivity contribution in [1.29, 1.82) is 0 Å². The molecule has 1 aliphatic carbocycles. The fraction of sp³-hybridized carbons (Fsp3) is 0.895. The molecule has 10 heteroatoms. The lowest BCUT2D eigenvalue weighted by Crippen LogP contribution is -2.45. The third kappa shape index (κ3) is 8.95. The number of ether oxygens (including phenoxy) is 1. The summed E-state index contributed by atoms with van der Waals surface area (Å²) in [6, 6.07) is 0.315. The second kappa shape index (κ2) is 12.9. The Bertz CT molecular complexity index is 628. The average molecular weight is 545 g/mol. The van der Waals surface area contributed by atoms with E-state index in [4.69, 9.17) is 9.73 Å². The Morgan fingerprint density at radius 3 is 2.24 bits per heavy atom. The molecule has 8 nitrogen and oxygen atoms in total. The molecule has 29 heavy (non-hydrogen) atoms. The molecule has 0 aromatic rings. The van der Waals surface area contributed by atoms with E-state index in [9.17, 15) is 13.2 Å². The van der Waals surface area contributed by atoms with E-state index < -0.39 is 10.0 Å². The summed E-state index contributed by atoms with van der Waals surface area (Å²) in [5.74, 6) is 1.18. The van der Waals surface area contributed by atoms with Gasteiger partial charge >= 0.3 is 5.97 Å². The molecule has 1 saturated heterocycles. The zero-order chi connectivity index (χ0) is 20.6. The number of halogens is 1. The quantitative estimate of drug-likeness (QED) is 0.220. The van der Waals surface area contributed by atoms with Crippen molar-refractivity contribution in [2.24, 2.45) is 16.8 Å². The number of hydrogen-bond donors (Lipinski definition) is 2. The summed E-state index contributed by atoms with van der Waals surface area (Å²) in [5.41, 5.74) is 0. The van der Waals surface area contributed by atoms with Crippen LogP contribution in [0, 0.1) is 11.8 Å². The summed E-state index contributed by atoms with van der Waals surface area (Å²) in [4.78, 5) is 16.6. The monoisotopic (exact) mass is 544 g/mol. The number of carbonyl (C=O) groups is 1. The third-order valence-electron chi connectivity index (χ3n) is 5.58. The van der Waals surface area contributed by atoms with Gasteiger partial charge in [-0.05, 0) is 58.3 Å². The van der Waals surface area contributed by atoms with Crippen molar-refractivity contribution in [2.45, 2.75) is 58.4 Å². The highest BCUT2D eigenvalue weighted by Crippen LogP contribution is 2.25. The van der Waals surface area contributed by atoms with Gasteiger partial charge in [0.2, 0.25) is 10.0 Å². The lowest BCUT2D eigenvalue weighted by Gasteiger charge is -2.30. The predicted octanol–water partition coefficient (Wildman–Crippen LogP) is 1.95. The number of carbonyl (C=O) groups excluding carboxylic acids is 1. The number of esters is 1. The second-order valence-electron chi connectivity index (χ2n) is 7.77. The second-order valence-corrected chi connectivity index (χ2v) is 9.75. The molecular formula is C19H37IN4O4S. The number of piperidine rings is 1. The van der Waals surface area contributed by atoms with Crippen LogP contribution in [0.1, 0.15) is 52.4 Å². The van der Waals surface area contributed by atoms with E-state index in [2.05, 4.69) is 10.6 Å². The van der Waals surface area contributed by atoms with Gasteiger partial charge in [0.1, 0.15) is 0 Å². The first kappa shape index (κ1) is 26.4. The molecule has 1 aliphatic heterocycles. The summed E-state index contributed by atoms with van der Waals surface area (Å²) in [7, 11) is -3.08. The summed E-state index contributed by atoms with van der Waals surface area (Å²) in [6.07, 6.45) is 6.53. The zero-order valence-corrected chi connectivity index (χ0v) is 21.0. The van der Waals surface area contributed by atoms with E-state index in [1.807, 2.05) is 13.8 Å². The minimum absolute atomic E-state index is 0. The first-order valence-corrected chi connectivity index (χ1v) is 12.3. The standard InChI is InChI=1S/C19H36N4O4S.HI/c1-4-20-19(21-14-15-10-12-23(13-11-15)28(3,25)26)22-17-8-6-16(7-9-17)18(24)27-5-2;/h15-17H,4-14H2,1-3H3,(H2,20,21,22);1H. The van der Waals surface area contributed by atoms with E-state index in [0.717, 1.165) is 51.0 Å². The molecule has 0 unspecified atom stereocenters. The van der Waals surface area contributed by atoms with Gasteiger partial charge in [0.05, 0.1) is 18.8 Å². The number of nitrogens with one attached hydrogen (secondary N) is 2. The largest absolute Gasteiger partial charge is 0.466 e. The third-order valence-corrected chi connectivity index (χ3v) is 6.89. The maximum Gasteiger partial charge on any atom is 0.308 e. The van der Waals surface area contributed by atoms with Crippen molar-refractivity contribution in [3.8, 4) is 0 Å². The topological polar surface area (TPSA) is 100 Å². The van der Waals surface area contributed by atoms with Crippen LogP contribution < -0.4 is 10.6 Å². The van der Waals surface area contributed by atoms with Crippen molar-refractivity contribution >= 4 is 45.9 Å². The Kier molecular flexibility index (Phi) is 11.8. The number of guanidine groups is 1. The summed E-state index contributed by atoms with van der Waals surface area (Å²) < 4.78 is 29.9. The molecule has 2 fully saturated rings. The number of rotatable bonds is 7. The average Bonchev–Trinajstić information content (AvgIpc) is 2.66. The van der Waals surface area contributed by atoms with Gasteiger partial charge in [-0.15, -0.1) is 24.0 Å². The van der Waals surface area contributed by atoms with Gasteiger partial charge in [0, 0.05) is 32.2 Å². The molecule has 2 aliphatic rings. The van der Waals surface area contributed by atoms with Crippen LogP contribution in [0.4, 0.5) is 0 Å². The lowest BCUT2D eigenvalue weighted by atomic mass is 9.86. The van der Waals surface area contributed by atoms with Crippen LogP contribution in [0.2, 0.25) is 0 Å². The highest BCUT2D eigenvalue weighted by atomic mass is 127. The Labute approximate surface area is 192 Å². The van der Waals surface area contributed by atoms with E-state index in [1.54, 1.807) is 4.31 Å². The van der Waals surface area contributed by atoms with Gasteiger partial charge in [-0.25, -0.2) is 12.7 Å². The molecule has 0 atom stereocenters. The lowest BCUT2D eigenvalue weighted by molar-refractivity contribution is -0.149. The van der Waals surface area contributed by atoms with Crippen LogP contribution in [0.3, 0.4) is 0 Å². The van der Waals surface area contributed by atoms with Crippen molar-refractivity contribution in [3.63, 3.8) is 0 Å². The molecule has 170 valence electrons. The molecule has 0 bridgehead atoms. The molecule has 0 radical (unpaired) electrons. The van der Waals surface area contributed by atoms with Gasteiger partial charge in [0.15, 0.2) is 5.96 Å². The predicted molar refractivity (Wildman–Crippen MR) is 126 cm³/mol. The normalized spacial score (nSPS) is 24.4. The van der Waals surface area contributed by atoms with Crippen molar-refractivity contribution in [1.82, 2.24) is 14.9 Å². The van der Waals surface area contributed by atoms with Gasteiger partial charge in [0.25, 0.3) is 0 Å². The molecule has 1 saturated carbocycles. The van der Waals surface area contributed by atoms with Crippen LogP contribution in [-0.4, -0.2) is 69.7 Å². The first-order chi connectivity index (χ1) is 13.3. The Balaban J connectivity index is 0.00000420. The molecular weight excluding hydrogens is 507 g/mol. The number of hydrogen-bond acceptors (Lipinski definition) is 5. The van der Waals surface area contributed by atoms with Crippen molar-refractivity contribution in [3.05, 3.63) is 0 Å². The maximum absolute atomic E-state index is 11.9. The molecule has 0 spiro atoms. The zero-order valence-electron chi connectivity index (χ0n) is 17.9. The summed E-state index contributed by atoms with van der Waals surface area (Å²) in [6.45, 7) is 6.98. The highest BCUT2D eigenvalue weighted by molar-refractivity contribution is 14.0. The van der Waals surface area contributed by atoms with Gasteiger partial charge < -0.3 is 15.4 Å². The number of aliphatic imine (C=N–C) groups is 1. The van der Waals surface area contributed by atoms with Crippen molar-refractivity contribution < 1.29 is 17.9 Å². The number of sulfonamides is 1. The fourth-order valence-corrected chi connectivity index (χ4v) is 4.76. The first-order valence-electron chi connectivity index (χ1n) is 10.5. The van der Waals surface area contributed by atoms with Crippen molar-refractivity contribution in [2.75, 3.05) is 39.0 Å². The Morgan fingerprint density at radius 2 is 1.72 bits per heavy atom. The minimum atomic E-state index is -3.08. The smallest absolute Gasteiger partial charge is 0.308 e. The van der Waals surface area contributed by atoms with E-state index >= 15 is 0 Å². The van der Waals surface area contributed by atoms with E-state index in [-0.39, 0.29) is 35.9 Å². The van der Waals surface area contributed by atoms with Crippen LogP contribution in [-0.2, 0) is 19.6 Å². The summed E-state index contributed by atoms with van der Waals surface area (Å²) in [5, 5.41) is 6.80. The van der Waals surface area contributed by atoms with Gasteiger partial charge in [-0.3, -0.25) is 9.79 Å². The molecule has 2 N–H and O–H groups in total. The Morgan fingerprint density at radius 1 is 1.10 bits per heavy atom. The van der Waals surface area contributed by atoms with Crippen LogP contribution in [0.25, 0.3) is 0 Å². The van der Waals surface area contributed by atoms with Crippen LogP contribution in [0.15, 0.2) is 4.99 Å². The molecule has 1 heterocycles. The molecule has 2 rings (SSSR count). The van der Waals surface area contributed by atoms with E-state index in [1.165, 1.54) is 6.26 Å². The van der Waals surface area contributed by atoms with Crippen LogP contribution in [0.5, 0.6) is 0 Å². The Hall–Kier alpha value is -0.620. The number of nitrogens with zero attached hydrogens (tertiary/aromatic N) is 2. The minimum Gasteiger partial charge on any atom is -0.466 e. The molecule has 0 amide bonds. The van der Waals surface area contributed by atoms with Crippen LogP contribution >= 0.6 is 24.0 Å². The van der Waals surface area contributed by atoms with Gasteiger partial charge in [-0.1, -0.05) is 0 Å². The summed E-state index contributed by atoms with van der Waals surface area (Å²) >= 11 is 0. The highest BCUT2D eigenvalue weighted by Gasteiger charge is 2.28. The fourth-order valence-electron chi connectivity index (χ4n) is 3.89. The molecule has 0 aromatic heterocycles. The van der Waals surface area contributed by atoms with Gasteiger partial charge in [-0.2, -0.15) is 0 Å². The SMILES string of the molecule is CCNC(=NCC1CCN(S(C)(=O)=O)CC1)NC1CCC(C(=O)OCC)CC1.I.